The summed E-state index contributed by atoms with van der Waals surface area (Å²) in [6.45, 7) is 7.55. The first-order valence-electron chi connectivity index (χ1n) is 15.6. The molecule has 3 amide bonds. The third-order valence-electron chi connectivity index (χ3n) is 7.36. The number of ether oxygens (including phenoxy) is 3. The van der Waals surface area contributed by atoms with E-state index in [4.69, 9.17) is 14.2 Å². The Morgan fingerprint density at radius 1 is 1.05 bits per heavy atom. The summed E-state index contributed by atoms with van der Waals surface area (Å²) in [5.74, 6) is -0.759. The monoisotopic (exact) mass is 607 g/mol. The predicted molar refractivity (Wildman–Crippen MR) is 171 cm³/mol. The number of hydrogen-bond donors (Lipinski definition) is 1. The van der Waals surface area contributed by atoms with Gasteiger partial charge in [0.05, 0.1) is 25.2 Å². The molecule has 240 valence electrons. The predicted octanol–water partition coefficient (Wildman–Crippen LogP) is 5.65. The van der Waals surface area contributed by atoms with Crippen LogP contribution in [0, 0.1) is 5.92 Å². The number of rotatable bonds is 9. The van der Waals surface area contributed by atoms with Gasteiger partial charge >= 0.3 is 6.09 Å². The Labute approximate surface area is 262 Å². The Kier molecular flexibility index (Phi) is 14.4. The van der Waals surface area contributed by atoms with E-state index in [0.29, 0.717) is 58.4 Å². The third-order valence-corrected chi connectivity index (χ3v) is 7.36. The number of allylic oxidation sites excluding steroid dienone is 1. The van der Waals surface area contributed by atoms with Crippen molar-refractivity contribution in [1.29, 1.82) is 0 Å². The van der Waals surface area contributed by atoms with E-state index in [-0.39, 0.29) is 18.6 Å². The van der Waals surface area contributed by atoms with E-state index in [2.05, 4.69) is 5.32 Å². The number of carbonyl (C=O) groups is 3. The SMILES string of the molecule is CN(C=O)[C@H]1CCCN(C(=O)OC(C)(C)C)CCCCO[C@H](COCc2ccccc2)[C@@H](C/C=C/c2ccccc2)C(=O)N1. The average molecular weight is 608 g/mol. The van der Waals surface area contributed by atoms with Gasteiger partial charge in [0.2, 0.25) is 12.3 Å². The highest BCUT2D eigenvalue weighted by atomic mass is 16.6. The van der Waals surface area contributed by atoms with E-state index in [1.807, 2.05) is 93.6 Å². The summed E-state index contributed by atoms with van der Waals surface area (Å²) in [4.78, 5) is 41.8. The van der Waals surface area contributed by atoms with Crippen molar-refractivity contribution in [1.82, 2.24) is 15.1 Å². The van der Waals surface area contributed by atoms with Crippen LogP contribution in [-0.2, 0) is 30.4 Å². The van der Waals surface area contributed by atoms with E-state index < -0.39 is 23.8 Å². The Morgan fingerprint density at radius 3 is 2.41 bits per heavy atom. The van der Waals surface area contributed by atoms with Crippen LogP contribution >= 0.6 is 0 Å². The molecule has 1 aliphatic heterocycles. The summed E-state index contributed by atoms with van der Waals surface area (Å²) >= 11 is 0. The summed E-state index contributed by atoms with van der Waals surface area (Å²) in [6, 6.07) is 19.8. The molecule has 0 radical (unpaired) electrons. The van der Waals surface area contributed by atoms with Gasteiger partial charge in [-0.2, -0.15) is 0 Å². The molecule has 1 fully saturated rings. The molecule has 0 aromatic heterocycles. The minimum absolute atomic E-state index is 0.212. The van der Waals surface area contributed by atoms with E-state index >= 15 is 0 Å². The van der Waals surface area contributed by atoms with Crippen LogP contribution in [0.1, 0.15) is 64.0 Å². The number of benzene rings is 2. The van der Waals surface area contributed by atoms with Crippen LogP contribution in [-0.4, -0.2) is 79.4 Å². The molecule has 3 rings (SSSR count). The molecular formula is C35H49N3O6. The molecular weight excluding hydrogens is 558 g/mol. The van der Waals surface area contributed by atoms with Gasteiger partial charge < -0.3 is 29.3 Å². The maximum Gasteiger partial charge on any atom is 0.410 e. The van der Waals surface area contributed by atoms with Gasteiger partial charge in [0.25, 0.3) is 0 Å². The highest BCUT2D eigenvalue weighted by Crippen LogP contribution is 2.20. The zero-order valence-corrected chi connectivity index (χ0v) is 26.7. The van der Waals surface area contributed by atoms with Crippen LogP contribution in [0.15, 0.2) is 66.7 Å². The molecule has 9 heteroatoms. The molecule has 1 aliphatic rings. The van der Waals surface area contributed by atoms with Crippen LogP contribution in [0.3, 0.4) is 0 Å². The quantitative estimate of drug-likeness (QED) is 0.370. The number of hydrogen-bond acceptors (Lipinski definition) is 6. The van der Waals surface area contributed by atoms with Gasteiger partial charge in [-0.1, -0.05) is 72.8 Å². The van der Waals surface area contributed by atoms with Crippen molar-refractivity contribution in [2.24, 2.45) is 5.92 Å². The number of carbonyl (C=O) groups excluding carboxylic acids is 3. The molecule has 0 spiro atoms. The zero-order valence-electron chi connectivity index (χ0n) is 26.7. The van der Waals surface area contributed by atoms with Crippen molar-refractivity contribution >= 4 is 24.5 Å². The minimum atomic E-state index is -0.607. The van der Waals surface area contributed by atoms with Crippen molar-refractivity contribution < 1.29 is 28.6 Å². The van der Waals surface area contributed by atoms with Crippen LogP contribution < -0.4 is 5.32 Å². The lowest BCUT2D eigenvalue weighted by Gasteiger charge is -2.32. The minimum Gasteiger partial charge on any atom is -0.444 e. The molecule has 3 atom stereocenters. The Hall–Kier alpha value is -3.69. The van der Waals surface area contributed by atoms with E-state index in [1.165, 1.54) is 4.90 Å². The summed E-state index contributed by atoms with van der Waals surface area (Å²) in [5.41, 5.74) is 1.47. The largest absolute Gasteiger partial charge is 0.444 e. The maximum absolute atomic E-state index is 13.9. The summed E-state index contributed by atoms with van der Waals surface area (Å²) in [7, 11) is 1.65. The van der Waals surface area contributed by atoms with Crippen LogP contribution in [0.25, 0.3) is 6.08 Å². The number of amides is 3. The number of nitrogens with one attached hydrogen (secondary N) is 1. The van der Waals surface area contributed by atoms with Crippen molar-refractivity contribution in [2.45, 2.75) is 77.4 Å². The van der Waals surface area contributed by atoms with E-state index in [9.17, 15) is 14.4 Å². The van der Waals surface area contributed by atoms with Gasteiger partial charge in [-0.25, -0.2) is 4.79 Å². The second kappa shape index (κ2) is 18.2. The molecule has 0 aliphatic carbocycles. The molecule has 1 N–H and O–H groups in total. The molecule has 0 bridgehead atoms. The van der Waals surface area contributed by atoms with Gasteiger partial charge in [0.15, 0.2) is 0 Å². The van der Waals surface area contributed by atoms with Gasteiger partial charge in [0, 0.05) is 26.7 Å². The second-order valence-corrected chi connectivity index (χ2v) is 12.2. The molecule has 1 heterocycles. The van der Waals surface area contributed by atoms with Gasteiger partial charge in [-0.3, -0.25) is 9.59 Å². The van der Waals surface area contributed by atoms with Crippen molar-refractivity contribution in [3.63, 3.8) is 0 Å². The fourth-order valence-corrected chi connectivity index (χ4v) is 4.95. The molecule has 0 unspecified atom stereocenters. The van der Waals surface area contributed by atoms with Crippen LogP contribution in [0.5, 0.6) is 0 Å². The highest BCUT2D eigenvalue weighted by molar-refractivity contribution is 5.80. The van der Waals surface area contributed by atoms with Crippen molar-refractivity contribution in [2.75, 3.05) is 33.4 Å². The third kappa shape index (κ3) is 12.5. The van der Waals surface area contributed by atoms with E-state index in [0.717, 1.165) is 17.5 Å². The molecule has 2 aromatic rings. The Morgan fingerprint density at radius 2 is 1.73 bits per heavy atom. The van der Waals surface area contributed by atoms with Gasteiger partial charge in [0.1, 0.15) is 11.8 Å². The lowest BCUT2D eigenvalue weighted by Crippen LogP contribution is -2.51. The first-order chi connectivity index (χ1) is 21.2. The van der Waals surface area contributed by atoms with Crippen LogP contribution in [0.2, 0.25) is 0 Å². The fourth-order valence-electron chi connectivity index (χ4n) is 4.95. The first kappa shape index (κ1) is 34.8. The van der Waals surface area contributed by atoms with E-state index in [1.54, 1.807) is 11.9 Å². The zero-order chi connectivity index (χ0) is 31.8. The topological polar surface area (TPSA) is 97.4 Å². The second-order valence-electron chi connectivity index (χ2n) is 12.2. The molecule has 9 nitrogen and oxygen atoms in total. The standard InChI is InChI=1S/C35H49N3O6/c1-35(2,3)44-34(41)38-22-11-12-24-43-31(26-42-25-29-17-9-6-10-18-29)30(20-13-19-28-15-7-5-8-16-28)33(40)36-32(21-14-23-38)37(4)27-39/h5-10,13,15-19,27,30-32H,11-12,14,20-26H2,1-4H3,(H,36,40)/b19-13+/t30-,31-,32+/m1/s1. The molecule has 44 heavy (non-hydrogen) atoms. The summed E-state index contributed by atoms with van der Waals surface area (Å²) in [6.07, 6.45) is 6.19. The first-order valence-corrected chi connectivity index (χ1v) is 15.6. The average Bonchev–Trinajstić information content (AvgIpc) is 3.00. The molecule has 2 aromatic carbocycles. The lowest BCUT2D eigenvalue weighted by atomic mass is 9.96. The molecule has 0 saturated carbocycles. The van der Waals surface area contributed by atoms with Gasteiger partial charge in [-0.05, 0) is 64.0 Å². The lowest BCUT2D eigenvalue weighted by molar-refractivity contribution is -0.136. The molecule has 1 saturated heterocycles. The fraction of sp³-hybridized carbons (Fsp3) is 0.514. The Bertz CT molecular complexity index is 1170. The maximum atomic E-state index is 13.9. The smallest absolute Gasteiger partial charge is 0.410 e. The normalized spacial score (nSPS) is 20.9. The highest BCUT2D eigenvalue weighted by Gasteiger charge is 2.31. The van der Waals surface area contributed by atoms with Crippen molar-refractivity contribution in [3.8, 4) is 0 Å². The Balaban J connectivity index is 1.82. The summed E-state index contributed by atoms with van der Waals surface area (Å²) < 4.78 is 18.1. The van der Waals surface area contributed by atoms with Gasteiger partial charge in [-0.15, -0.1) is 0 Å². The number of nitrogens with zero attached hydrogens (tertiary/aromatic N) is 2. The summed E-state index contributed by atoms with van der Waals surface area (Å²) in [5, 5.41) is 3.09. The van der Waals surface area contributed by atoms with Crippen molar-refractivity contribution in [3.05, 3.63) is 77.9 Å². The van der Waals surface area contributed by atoms with Crippen LogP contribution in [0.4, 0.5) is 4.79 Å².